The molecule has 0 aromatic carbocycles. The smallest absolute Gasteiger partial charge is 0.281 e. The van der Waals surface area contributed by atoms with Crippen molar-refractivity contribution in [2.75, 3.05) is 0 Å². The molecule has 0 aromatic rings. The molecule has 0 aliphatic carbocycles. The lowest BCUT2D eigenvalue weighted by atomic mass is 10.5. The van der Waals surface area contributed by atoms with Crippen molar-refractivity contribution in [3.05, 3.63) is 0 Å². The van der Waals surface area contributed by atoms with Crippen LogP contribution in [-0.4, -0.2) is 48.8 Å². The molecule has 1 N–H and O–H groups in total. The van der Waals surface area contributed by atoms with Gasteiger partial charge in [0.05, 0.1) is 0 Å². The van der Waals surface area contributed by atoms with Gasteiger partial charge in [0, 0.05) is 0 Å². The number of alkyl halides is 13. The Labute approximate surface area is 127 Å². The van der Waals surface area contributed by atoms with Crippen LogP contribution in [0, 0.1) is 0 Å². The summed E-state index contributed by atoms with van der Waals surface area (Å²) in [5.41, 5.74) is 0. The molecule has 0 rings (SSSR count). The van der Waals surface area contributed by atoms with Gasteiger partial charge in [-0.2, -0.15) is 65.5 Å². The highest BCUT2D eigenvalue weighted by molar-refractivity contribution is 7.86. The predicted molar refractivity (Wildman–Crippen MR) is 44.5 cm³/mol. The van der Waals surface area contributed by atoms with Gasteiger partial charge in [-0.15, -0.1) is 0 Å². The Hall–Kier alpha value is -1.08. The molecule has 0 radical (unpaired) electrons. The average molecular weight is 432 g/mol. The summed E-state index contributed by atoms with van der Waals surface area (Å²) < 4.78 is 190. The van der Waals surface area contributed by atoms with E-state index in [0.717, 1.165) is 0 Å². The van der Waals surface area contributed by atoms with Crippen LogP contribution in [0.15, 0.2) is 0 Å². The van der Waals surface area contributed by atoms with E-state index in [0.29, 0.717) is 0 Å². The Kier molecular flexibility index (Phi) is 5.72. The van der Waals surface area contributed by atoms with E-state index in [1.54, 1.807) is 0 Å². The Bertz CT molecular complexity index is 593. The average Bonchev–Trinajstić information content (AvgIpc) is 2.21. The maximum absolute atomic E-state index is 12.6. The second-order valence-electron chi connectivity index (χ2n) is 3.76. The fraction of sp³-hybridized carbons (Fsp3) is 1.00. The third-order valence-electron chi connectivity index (χ3n) is 1.84. The third-order valence-corrected chi connectivity index (χ3v) is 2.73. The molecule has 0 bridgehead atoms. The first-order valence-electron chi connectivity index (χ1n) is 4.74. The number of rotatable bonds is 7. The number of halogens is 13. The molecule has 0 fully saturated rings. The lowest BCUT2D eigenvalue weighted by Crippen LogP contribution is -2.58. The first kappa shape index (κ1) is 23.9. The molecular formula is C6HF13O5S. The van der Waals surface area contributed by atoms with Crippen molar-refractivity contribution in [2.45, 2.75) is 35.9 Å². The maximum Gasteiger partial charge on any atom is 0.483 e. The summed E-state index contributed by atoms with van der Waals surface area (Å²) in [6.45, 7) is 0. The van der Waals surface area contributed by atoms with Gasteiger partial charge in [0.15, 0.2) is 0 Å². The Balaban J connectivity index is 5.78. The zero-order valence-electron chi connectivity index (χ0n) is 10.4. The van der Waals surface area contributed by atoms with Crippen LogP contribution in [0.3, 0.4) is 0 Å². The van der Waals surface area contributed by atoms with Gasteiger partial charge in [0.1, 0.15) is 0 Å². The summed E-state index contributed by atoms with van der Waals surface area (Å²) in [5.74, 6) is 0. The number of hydrogen-bond acceptors (Lipinski definition) is 4. The molecule has 0 heterocycles. The van der Waals surface area contributed by atoms with Gasteiger partial charge in [0.2, 0.25) is 0 Å². The second-order valence-corrected chi connectivity index (χ2v) is 5.22. The highest BCUT2D eigenvalue weighted by Gasteiger charge is 2.77. The van der Waals surface area contributed by atoms with Gasteiger partial charge in [-0.05, 0) is 0 Å². The molecule has 0 atom stereocenters. The summed E-state index contributed by atoms with van der Waals surface area (Å²) in [7, 11) is -7.29. The van der Waals surface area contributed by atoms with Crippen LogP contribution in [0.4, 0.5) is 57.1 Å². The van der Waals surface area contributed by atoms with Crippen LogP contribution in [0.25, 0.3) is 0 Å². The molecule has 0 saturated heterocycles. The summed E-state index contributed by atoms with van der Waals surface area (Å²) in [6, 6.07) is 0. The monoisotopic (exact) mass is 432 g/mol. The van der Waals surface area contributed by atoms with E-state index < -0.39 is 46.0 Å². The van der Waals surface area contributed by atoms with Gasteiger partial charge in [0.25, 0.3) is 0 Å². The second kappa shape index (κ2) is 5.98. The van der Waals surface area contributed by atoms with Crippen molar-refractivity contribution >= 4 is 10.1 Å². The van der Waals surface area contributed by atoms with Crippen molar-refractivity contribution < 1.29 is 79.5 Å². The van der Waals surface area contributed by atoms with Crippen LogP contribution in [0.1, 0.15) is 0 Å². The third kappa shape index (κ3) is 4.56. The van der Waals surface area contributed by atoms with Crippen LogP contribution >= 0.6 is 0 Å². The molecule has 152 valence electrons. The van der Waals surface area contributed by atoms with Crippen LogP contribution < -0.4 is 0 Å². The lowest BCUT2D eigenvalue weighted by Gasteiger charge is -2.32. The van der Waals surface area contributed by atoms with E-state index in [1.807, 2.05) is 0 Å². The van der Waals surface area contributed by atoms with Gasteiger partial charge >= 0.3 is 46.0 Å². The zero-order valence-corrected chi connectivity index (χ0v) is 11.2. The van der Waals surface area contributed by atoms with E-state index in [2.05, 4.69) is 0 Å². The molecule has 0 saturated carbocycles. The minimum absolute atomic E-state index is 1.34. The molecule has 25 heavy (non-hydrogen) atoms. The first-order chi connectivity index (χ1) is 10.4. The van der Waals surface area contributed by atoms with Crippen molar-refractivity contribution in [2.24, 2.45) is 0 Å². The van der Waals surface area contributed by atoms with Gasteiger partial charge in [-0.25, -0.2) is 9.47 Å². The zero-order chi connectivity index (χ0) is 20.9. The van der Waals surface area contributed by atoms with E-state index in [-0.39, 0.29) is 0 Å². The normalized spacial score (nSPS) is 16.2. The highest BCUT2D eigenvalue weighted by atomic mass is 32.2. The maximum atomic E-state index is 12.6. The fourth-order valence-electron chi connectivity index (χ4n) is 0.708. The van der Waals surface area contributed by atoms with E-state index in [9.17, 15) is 65.5 Å². The number of hydrogen-bond donors (Lipinski definition) is 1. The first-order valence-corrected chi connectivity index (χ1v) is 6.18. The topological polar surface area (TPSA) is 72.8 Å². The van der Waals surface area contributed by atoms with Crippen molar-refractivity contribution in [1.29, 1.82) is 0 Å². The molecule has 5 nitrogen and oxygen atoms in total. The quantitative estimate of drug-likeness (QED) is 0.493. The van der Waals surface area contributed by atoms with Crippen molar-refractivity contribution in [1.82, 2.24) is 0 Å². The minimum Gasteiger partial charge on any atom is -0.281 e. The van der Waals surface area contributed by atoms with Crippen molar-refractivity contribution in [3.8, 4) is 0 Å². The van der Waals surface area contributed by atoms with E-state index >= 15 is 0 Å². The standard InChI is InChI=1S/C6HF13O5S/c7-1(8,9)2(10,11)23-3(12,13)4(14,15)24-5(16,17)6(18,19)25(20,21)22/h(H,20,21,22). The van der Waals surface area contributed by atoms with Crippen LogP contribution in [0.2, 0.25) is 0 Å². The molecule has 0 aliphatic rings. The van der Waals surface area contributed by atoms with Gasteiger partial charge in [-0.3, -0.25) is 4.55 Å². The Morgan fingerprint density at radius 3 is 1.08 bits per heavy atom. The largest absolute Gasteiger partial charge is 0.483 e. The molecular weight excluding hydrogens is 431 g/mol. The molecule has 0 aromatic heterocycles. The summed E-state index contributed by atoms with van der Waals surface area (Å²) in [5, 5.41) is -7.04. The molecule has 0 amide bonds. The highest BCUT2D eigenvalue weighted by Crippen LogP contribution is 2.50. The minimum atomic E-state index is -7.36. The van der Waals surface area contributed by atoms with E-state index in [4.69, 9.17) is 4.55 Å². The predicted octanol–water partition coefficient (Wildman–Crippen LogP) is 3.43. The number of ether oxygens (including phenoxy) is 2. The summed E-state index contributed by atoms with van der Waals surface area (Å²) >= 11 is 0. The molecule has 0 aliphatic heterocycles. The van der Waals surface area contributed by atoms with E-state index in [1.165, 1.54) is 9.47 Å². The molecule has 0 spiro atoms. The molecule has 0 unspecified atom stereocenters. The Morgan fingerprint density at radius 1 is 0.560 bits per heavy atom. The van der Waals surface area contributed by atoms with Crippen molar-refractivity contribution in [3.63, 3.8) is 0 Å². The summed E-state index contributed by atoms with van der Waals surface area (Å²) in [4.78, 5) is 0. The Morgan fingerprint density at radius 2 is 0.840 bits per heavy atom. The van der Waals surface area contributed by atoms with Crippen LogP contribution in [0.5, 0.6) is 0 Å². The lowest BCUT2D eigenvalue weighted by molar-refractivity contribution is -0.543. The summed E-state index contributed by atoms with van der Waals surface area (Å²) in [6.07, 6.45) is -36.1. The fourth-order valence-corrected chi connectivity index (χ4v) is 1.05. The van der Waals surface area contributed by atoms with Crippen LogP contribution in [-0.2, 0) is 19.6 Å². The SMILES string of the molecule is O=S(=O)(O)C(F)(F)C(F)(F)OC(F)(F)C(F)(F)OC(F)(F)C(F)(F)F. The van der Waals surface area contributed by atoms with Gasteiger partial charge < -0.3 is 0 Å². The van der Waals surface area contributed by atoms with Gasteiger partial charge in [-0.1, -0.05) is 0 Å². The molecule has 19 heteroatoms.